The van der Waals surface area contributed by atoms with Crippen molar-refractivity contribution in [3.8, 4) is 0 Å². The summed E-state index contributed by atoms with van der Waals surface area (Å²) < 4.78 is 17.6. The largest absolute Gasteiger partial charge is 0.455 e. The summed E-state index contributed by atoms with van der Waals surface area (Å²) in [7, 11) is -1.27. The molecule has 0 bridgehead atoms. The van der Waals surface area contributed by atoms with Gasteiger partial charge in [-0.15, -0.1) is 0 Å². The maximum Gasteiger partial charge on any atom is 0.332 e. The number of methoxy groups -OCH3 is 1. The molecule has 0 aliphatic heterocycles. The standard InChI is InChI=1S/C24H32O5Si/c1-23(2,3)30(20-11-7-5-8-12-20,21-13-9-6-10-14-21)28-18-24(15-19(24)16-25)29-22(26)17-27-4/h5-14,19,25H,15-18H2,1-4H3. The maximum absolute atomic E-state index is 12.1. The first-order chi connectivity index (χ1) is 14.3. The molecule has 0 saturated heterocycles. The van der Waals surface area contributed by atoms with Gasteiger partial charge >= 0.3 is 5.97 Å². The molecule has 30 heavy (non-hydrogen) atoms. The number of hydrogen-bond donors (Lipinski definition) is 1. The second kappa shape index (κ2) is 9.02. The summed E-state index contributed by atoms with van der Waals surface area (Å²) >= 11 is 0. The highest BCUT2D eigenvalue weighted by Crippen LogP contribution is 2.48. The lowest BCUT2D eigenvalue weighted by molar-refractivity contribution is -0.159. The number of ether oxygens (including phenoxy) is 2. The molecule has 1 aliphatic carbocycles. The molecule has 0 heterocycles. The van der Waals surface area contributed by atoms with E-state index >= 15 is 0 Å². The Bertz CT molecular complexity index is 794. The van der Waals surface area contributed by atoms with Gasteiger partial charge in [0.2, 0.25) is 0 Å². The molecule has 1 N–H and O–H groups in total. The first kappa shape index (κ1) is 22.7. The second-order valence-electron chi connectivity index (χ2n) is 9.01. The molecule has 2 unspecified atom stereocenters. The van der Waals surface area contributed by atoms with E-state index < -0.39 is 19.9 Å². The summed E-state index contributed by atoms with van der Waals surface area (Å²) in [5.74, 6) is -0.545. The molecule has 1 saturated carbocycles. The topological polar surface area (TPSA) is 65.0 Å². The molecular weight excluding hydrogens is 396 g/mol. The molecule has 2 aromatic rings. The molecule has 0 radical (unpaired) electrons. The summed E-state index contributed by atoms with van der Waals surface area (Å²) in [6.07, 6.45) is 0.594. The average Bonchev–Trinajstić information content (AvgIpc) is 3.42. The van der Waals surface area contributed by atoms with Crippen molar-refractivity contribution in [1.29, 1.82) is 0 Å². The molecule has 3 rings (SSSR count). The summed E-state index contributed by atoms with van der Waals surface area (Å²) in [5.41, 5.74) is -0.794. The highest BCUT2D eigenvalue weighted by atomic mass is 28.4. The third kappa shape index (κ3) is 4.37. The zero-order chi connectivity index (χ0) is 21.8. The van der Waals surface area contributed by atoms with E-state index in [4.69, 9.17) is 13.9 Å². The van der Waals surface area contributed by atoms with Gasteiger partial charge in [-0.1, -0.05) is 81.4 Å². The van der Waals surface area contributed by atoms with Crippen molar-refractivity contribution in [2.75, 3.05) is 26.9 Å². The Hall–Kier alpha value is -1.99. The molecular formula is C24H32O5Si. The quantitative estimate of drug-likeness (QED) is 0.491. The fourth-order valence-electron chi connectivity index (χ4n) is 4.29. The molecule has 5 nitrogen and oxygen atoms in total. The van der Waals surface area contributed by atoms with Crippen molar-refractivity contribution in [2.45, 2.75) is 37.8 Å². The fourth-order valence-corrected chi connectivity index (χ4v) is 8.90. The SMILES string of the molecule is COCC(=O)OC1(CO[Si](c2ccccc2)(c2ccccc2)C(C)(C)C)CC1CO. The fraction of sp³-hybridized carbons (Fsp3) is 0.458. The molecule has 162 valence electrons. The van der Waals surface area contributed by atoms with E-state index in [1.54, 1.807) is 0 Å². The lowest BCUT2D eigenvalue weighted by Gasteiger charge is -2.43. The number of carbonyl (C=O) groups excluding carboxylic acids is 1. The Labute approximate surface area is 180 Å². The number of rotatable bonds is 9. The van der Waals surface area contributed by atoms with Crippen LogP contribution in [0.3, 0.4) is 0 Å². The number of aliphatic hydroxyl groups excluding tert-OH is 1. The van der Waals surface area contributed by atoms with Crippen LogP contribution in [0.25, 0.3) is 0 Å². The first-order valence-corrected chi connectivity index (χ1v) is 12.3. The monoisotopic (exact) mass is 428 g/mol. The Kier molecular flexibility index (Phi) is 6.82. The van der Waals surface area contributed by atoms with E-state index in [-0.39, 0.29) is 30.8 Å². The van der Waals surface area contributed by atoms with Gasteiger partial charge in [0.25, 0.3) is 8.32 Å². The van der Waals surface area contributed by atoms with Gasteiger partial charge in [-0.2, -0.15) is 0 Å². The zero-order valence-corrected chi connectivity index (χ0v) is 19.3. The normalized spacial score (nSPS) is 21.3. The highest BCUT2D eigenvalue weighted by molar-refractivity contribution is 6.99. The molecule has 0 amide bonds. The van der Waals surface area contributed by atoms with Crippen molar-refractivity contribution in [3.05, 3.63) is 60.7 Å². The van der Waals surface area contributed by atoms with Crippen molar-refractivity contribution in [1.82, 2.24) is 0 Å². The maximum atomic E-state index is 12.1. The smallest absolute Gasteiger partial charge is 0.332 e. The molecule has 1 aliphatic rings. The van der Waals surface area contributed by atoms with Gasteiger partial charge in [0, 0.05) is 19.6 Å². The lowest BCUT2D eigenvalue weighted by atomic mass is 10.2. The van der Waals surface area contributed by atoms with E-state index in [0.717, 1.165) is 0 Å². The van der Waals surface area contributed by atoms with E-state index in [2.05, 4.69) is 45.0 Å². The van der Waals surface area contributed by atoms with Crippen LogP contribution < -0.4 is 10.4 Å². The summed E-state index contributed by atoms with van der Waals surface area (Å²) in [4.78, 5) is 12.1. The van der Waals surface area contributed by atoms with Gasteiger partial charge in [-0.3, -0.25) is 0 Å². The zero-order valence-electron chi connectivity index (χ0n) is 18.3. The highest BCUT2D eigenvalue weighted by Gasteiger charge is 2.60. The third-order valence-electron chi connectivity index (χ3n) is 5.93. The minimum Gasteiger partial charge on any atom is -0.455 e. The predicted molar refractivity (Wildman–Crippen MR) is 119 cm³/mol. The van der Waals surface area contributed by atoms with Crippen LogP contribution in [0.5, 0.6) is 0 Å². The van der Waals surface area contributed by atoms with Crippen LogP contribution in [0.1, 0.15) is 27.2 Å². The molecule has 2 aromatic carbocycles. The summed E-state index contributed by atoms with van der Waals surface area (Å²) in [5, 5.41) is 11.9. The molecule has 2 atom stereocenters. The minimum atomic E-state index is -2.74. The van der Waals surface area contributed by atoms with Crippen molar-refractivity contribution in [3.63, 3.8) is 0 Å². The van der Waals surface area contributed by atoms with Crippen molar-refractivity contribution >= 4 is 24.7 Å². The average molecular weight is 429 g/mol. The van der Waals surface area contributed by atoms with Crippen LogP contribution in [-0.2, 0) is 18.7 Å². The Morgan fingerprint density at radius 3 is 2.00 bits per heavy atom. The van der Waals surface area contributed by atoms with Crippen LogP contribution in [0, 0.1) is 5.92 Å². The molecule has 1 fully saturated rings. The van der Waals surface area contributed by atoms with E-state index in [1.807, 2.05) is 36.4 Å². The number of benzene rings is 2. The van der Waals surface area contributed by atoms with Crippen molar-refractivity contribution in [2.24, 2.45) is 5.92 Å². The molecule has 0 aromatic heterocycles. The summed E-state index contributed by atoms with van der Waals surface area (Å²) in [6, 6.07) is 20.7. The number of carbonyl (C=O) groups is 1. The van der Waals surface area contributed by atoms with Crippen LogP contribution in [0.15, 0.2) is 60.7 Å². The van der Waals surface area contributed by atoms with E-state index in [9.17, 15) is 9.90 Å². The Morgan fingerprint density at radius 2 is 1.60 bits per heavy atom. The second-order valence-corrected chi connectivity index (χ2v) is 13.3. The van der Waals surface area contributed by atoms with E-state index in [1.165, 1.54) is 17.5 Å². The van der Waals surface area contributed by atoms with Crippen LogP contribution >= 0.6 is 0 Å². The Morgan fingerprint density at radius 1 is 1.07 bits per heavy atom. The van der Waals surface area contributed by atoms with Crippen LogP contribution in [-0.4, -0.2) is 51.9 Å². The van der Waals surface area contributed by atoms with Gasteiger partial charge in [0.1, 0.15) is 12.2 Å². The third-order valence-corrected chi connectivity index (χ3v) is 10.9. The van der Waals surface area contributed by atoms with Gasteiger partial charge in [-0.25, -0.2) is 4.79 Å². The van der Waals surface area contributed by atoms with Crippen molar-refractivity contribution < 1.29 is 23.8 Å². The van der Waals surface area contributed by atoms with Gasteiger partial charge in [0.05, 0.1) is 6.61 Å². The predicted octanol–water partition coefficient (Wildman–Crippen LogP) is 2.50. The van der Waals surface area contributed by atoms with Gasteiger partial charge in [-0.05, 0) is 21.8 Å². The van der Waals surface area contributed by atoms with Gasteiger partial charge in [0.15, 0.2) is 0 Å². The van der Waals surface area contributed by atoms with E-state index in [0.29, 0.717) is 6.42 Å². The number of hydrogen-bond acceptors (Lipinski definition) is 5. The first-order valence-electron chi connectivity index (χ1n) is 10.4. The lowest BCUT2D eigenvalue weighted by Crippen LogP contribution is -2.67. The Balaban J connectivity index is 2.00. The molecule has 6 heteroatoms. The number of esters is 1. The van der Waals surface area contributed by atoms with Gasteiger partial charge < -0.3 is 19.0 Å². The number of aliphatic hydroxyl groups is 1. The van der Waals surface area contributed by atoms with Crippen LogP contribution in [0.2, 0.25) is 5.04 Å². The molecule has 0 spiro atoms. The van der Waals surface area contributed by atoms with Crippen LogP contribution in [0.4, 0.5) is 0 Å². The minimum absolute atomic E-state index is 0.0373. The summed E-state index contributed by atoms with van der Waals surface area (Å²) in [6.45, 7) is 6.72.